The van der Waals surface area contributed by atoms with Gasteiger partial charge in [0.25, 0.3) is 0 Å². The normalized spacial score (nSPS) is 10.1. The van der Waals surface area contributed by atoms with E-state index in [0.717, 1.165) is 0 Å². The minimum atomic E-state index is -0.877. The van der Waals surface area contributed by atoms with Crippen molar-refractivity contribution in [2.75, 3.05) is 0 Å². The molecule has 0 saturated carbocycles. The molecule has 0 unspecified atom stereocenters. The Labute approximate surface area is 311 Å². The van der Waals surface area contributed by atoms with Gasteiger partial charge in [0.05, 0.1) is 15.8 Å². The van der Waals surface area contributed by atoms with Crippen LogP contribution in [0.25, 0.3) is 0 Å². The Morgan fingerprint density at radius 3 is 0.792 bits per heavy atom. The van der Waals surface area contributed by atoms with Crippen LogP contribution in [0.2, 0.25) is 10.4 Å². The maximum absolute atomic E-state index is 5.38. The van der Waals surface area contributed by atoms with Gasteiger partial charge in [-0.05, 0) is 72.8 Å². The second-order valence-corrected chi connectivity index (χ2v) is 15.7. The summed E-state index contributed by atoms with van der Waals surface area (Å²) >= 11 is 12.9. The molecule has 0 aliphatic rings. The summed E-state index contributed by atoms with van der Waals surface area (Å²) in [6.45, 7) is 0. The molecule has 1 aromatic heterocycles. The summed E-state index contributed by atoms with van der Waals surface area (Å²) in [5.74, 6) is 0. The van der Waals surface area contributed by atoms with Gasteiger partial charge >= 0.3 is 27.7 Å². The zero-order valence-electron chi connectivity index (χ0n) is 25.7. The number of halogens is 3. The number of hydrogen-bond acceptors (Lipinski definition) is 2. The number of benzene rings is 6. The van der Waals surface area contributed by atoms with E-state index in [1.54, 1.807) is 0 Å². The van der Waals surface area contributed by atoms with Crippen molar-refractivity contribution in [1.82, 2.24) is 9.97 Å². The molecule has 8 heteroatoms. The minimum absolute atomic E-state index is 0.123. The zero-order valence-corrected chi connectivity index (χ0v) is 31.6. The van der Waals surface area contributed by atoms with Crippen LogP contribution < -0.4 is 31.8 Å². The molecule has 7 rings (SSSR count). The van der Waals surface area contributed by atoms with Gasteiger partial charge in [0.2, 0.25) is 0 Å². The predicted molar refractivity (Wildman–Crippen MR) is 210 cm³/mol. The van der Waals surface area contributed by atoms with E-state index in [0.29, 0.717) is 5.15 Å². The van der Waals surface area contributed by atoms with Crippen LogP contribution in [0.15, 0.2) is 188 Å². The largest absolute Gasteiger partial charge is 0.102 e. The topological polar surface area (TPSA) is 25.8 Å². The van der Waals surface area contributed by atoms with E-state index in [-0.39, 0.29) is 5.28 Å². The molecule has 0 saturated heterocycles. The maximum atomic E-state index is 5.38. The van der Waals surface area contributed by atoms with Crippen molar-refractivity contribution in [2.24, 2.45) is 0 Å². The van der Waals surface area contributed by atoms with Crippen LogP contribution in [0.5, 0.6) is 0 Å². The van der Waals surface area contributed by atoms with E-state index in [9.17, 15) is 0 Å². The van der Waals surface area contributed by atoms with Crippen molar-refractivity contribution in [3.63, 3.8) is 0 Å². The quantitative estimate of drug-likeness (QED) is 0.0553. The summed E-state index contributed by atoms with van der Waals surface area (Å²) in [7, 11) is 2.73. The molecule has 0 fully saturated rings. The van der Waals surface area contributed by atoms with Crippen molar-refractivity contribution >= 4 is 80.4 Å². The summed E-state index contributed by atoms with van der Waals surface area (Å²) in [5, 5.41) is 9.04. The summed E-state index contributed by atoms with van der Waals surface area (Å²) in [4.78, 5) is 7.05. The van der Waals surface area contributed by atoms with E-state index in [4.69, 9.17) is 23.2 Å². The van der Waals surface area contributed by atoms with Gasteiger partial charge in [0.15, 0.2) is 0 Å². The van der Waals surface area contributed by atoms with Crippen LogP contribution in [0.4, 0.5) is 0 Å². The summed E-state index contributed by atoms with van der Waals surface area (Å²) < 4.78 is 0. The molecule has 0 aliphatic carbocycles. The van der Waals surface area contributed by atoms with E-state index in [1.807, 2.05) is 0 Å². The Morgan fingerprint density at radius 2 is 0.625 bits per heavy atom. The Morgan fingerprint density at radius 1 is 0.396 bits per heavy atom. The molecule has 0 atom stereocenters. The van der Waals surface area contributed by atoms with E-state index < -0.39 is 15.8 Å². The fourth-order valence-corrected chi connectivity index (χ4v) is 10.4. The van der Waals surface area contributed by atoms with Crippen LogP contribution >= 0.6 is 48.6 Å². The first-order chi connectivity index (χ1) is 23.7. The average Bonchev–Trinajstić information content (AvgIpc) is 3.16. The van der Waals surface area contributed by atoms with Crippen molar-refractivity contribution < 1.29 is 18.2 Å². The molecule has 2 nitrogen and oxygen atoms in total. The standard InChI is InChI=1S/2C18H15P.C4HCl2N2.ClH.Pd/c2*1-4-10-16(11-5-1)19(17-12-6-2-7-13-17)18-14-8-3-9-15-18;5-3-1-2-7-4(6)8-3;;/h2*1-15H;1H;1H;/q;;-1;;+2/p+1. The average molecular weight is 816 g/mol. The number of nitrogens with zero attached hydrogens (tertiary/aromatic N) is 2. The molecule has 1 heterocycles. The van der Waals surface area contributed by atoms with Gasteiger partial charge in [-0.2, -0.15) is 0 Å². The van der Waals surface area contributed by atoms with Crippen molar-refractivity contribution in [2.45, 2.75) is 0 Å². The molecule has 7 aromatic rings. The molecule has 0 amide bonds. The van der Waals surface area contributed by atoms with E-state index in [2.05, 4.69) is 226 Å². The van der Waals surface area contributed by atoms with E-state index in [1.165, 1.54) is 37.9 Å². The van der Waals surface area contributed by atoms with E-state index >= 15 is 0 Å². The molecule has 0 bridgehead atoms. The minimum Gasteiger partial charge on any atom is -0.0620 e. The van der Waals surface area contributed by atoms with Gasteiger partial charge in [-0.25, -0.2) is 0 Å². The molecular weight excluding hydrogens is 783 g/mol. The summed E-state index contributed by atoms with van der Waals surface area (Å²) in [6, 6.07) is 66.4. The van der Waals surface area contributed by atoms with Gasteiger partial charge in [-0.15, -0.1) is 29.3 Å². The first-order valence-electron chi connectivity index (χ1n) is 14.9. The molecule has 0 radical (unpaired) electrons. The van der Waals surface area contributed by atoms with Crippen LogP contribution in [0.3, 0.4) is 0 Å². The maximum Gasteiger partial charge on any atom is 0.102 e. The SMILES string of the molecule is Clc1c[c-]nc(Cl)n1.[Cl][Pd+].c1ccc([PH+](c2ccccc2)c2ccccc2)cc1.c1ccc([PH+](c2ccccc2)c2ccccc2)cc1. The van der Waals surface area contributed by atoms with Gasteiger partial charge in [-0.1, -0.05) is 115 Å². The van der Waals surface area contributed by atoms with Crippen LogP contribution in [-0.4, -0.2) is 9.97 Å². The Hall–Kier alpha value is -3.21. The van der Waals surface area contributed by atoms with Gasteiger partial charge < -0.3 is 9.97 Å². The first-order valence-corrected chi connectivity index (χ1v) is 20.7. The van der Waals surface area contributed by atoms with Crippen LogP contribution in [-0.2, 0) is 18.2 Å². The van der Waals surface area contributed by atoms with Crippen molar-refractivity contribution in [3.05, 3.63) is 205 Å². The monoisotopic (exact) mass is 814 g/mol. The first kappa shape index (κ1) is 37.6. The van der Waals surface area contributed by atoms with Gasteiger partial charge in [0.1, 0.15) is 37.1 Å². The Kier molecular flexibility index (Phi) is 17.0. The van der Waals surface area contributed by atoms with Crippen LogP contribution in [0, 0.1) is 6.20 Å². The second-order valence-electron chi connectivity index (χ2n) is 10.0. The summed E-state index contributed by atoms with van der Waals surface area (Å²) in [5.41, 5.74) is 0. The van der Waals surface area contributed by atoms with Gasteiger partial charge in [0, 0.05) is 5.15 Å². The second kappa shape index (κ2) is 21.7. The van der Waals surface area contributed by atoms with Crippen molar-refractivity contribution in [3.8, 4) is 0 Å². The fourth-order valence-electron chi connectivity index (χ4n) is 4.91. The predicted octanol–water partition coefficient (Wildman–Crippen LogP) is 8.62. The smallest absolute Gasteiger partial charge is 0.0620 e. The zero-order chi connectivity index (χ0) is 33.8. The van der Waals surface area contributed by atoms with Crippen LogP contribution in [0.1, 0.15) is 0 Å². The van der Waals surface area contributed by atoms with Crippen molar-refractivity contribution in [1.29, 1.82) is 0 Å². The third-order valence-corrected chi connectivity index (χ3v) is 12.7. The molecular formula is C40H33Cl3N2P2Pd+2. The Balaban J connectivity index is 0.000000170. The molecule has 0 N–H and O–H groups in total. The third-order valence-electron chi connectivity index (χ3n) is 6.91. The number of hydrogen-bond donors (Lipinski definition) is 0. The molecule has 0 aliphatic heterocycles. The Bertz CT molecular complexity index is 1540. The fraction of sp³-hybridized carbons (Fsp3) is 0. The molecule has 242 valence electrons. The number of aromatic nitrogens is 2. The number of rotatable bonds is 6. The summed E-state index contributed by atoms with van der Waals surface area (Å²) in [6.07, 6.45) is 2.45. The third kappa shape index (κ3) is 12.0. The molecule has 6 aromatic carbocycles. The molecule has 48 heavy (non-hydrogen) atoms. The molecule has 0 spiro atoms. The van der Waals surface area contributed by atoms with Gasteiger partial charge in [-0.3, -0.25) is 0 Å².